The number of hydrogen-bond donors (Lipinski definition) is 3. The van der Waals surface area contributed by atoms with Crippen LogP contribution in [-0.4, -0.2) is 5.96 Å². The second kappa shape index (κ2) is 3.64. The first-order valence-corrected chi connectivity index (χ1v) is 5.18. The maximum atomic E-state index is 6.28. The van der Waals surface area contributed by atoms with Gasteiger partial charge in [-0.05, 0) is 31.1 Å². The fourth-order valence-corrected chi connectivity index (χ4v) is 2.11. The lowest BCUT2D eigenvalue weighted by molar-refractivity contribution is 0.573. The third-order valence-corrected chi connectivity index (χ3v) is 2.76. The van der Waals surface area contributed by atoms with Gasteiger partial charge in [0.25, 0.3) is 0 Å². The predicted molar refractivity (Wildman–Crippen MR) is 65.7 cm³/mol. The molecule has 1 unspecified atom stereocenters. The highest BCUT2D eigenvalue weighted by Crippen LogP contribution is 2.28. The van der Waals surface area contributed by atoms with Crippen LogP contribution in [0.1, 0.15) is 16.7 Å². The molecule has 1 heterocycles. The van der Waals surface area contributed by atoms with Gasteiger partial charge in [-0.2, -0.15) is 0 Å². The molecule has 0 aromatic heterocycles. The fraction of sp³-hybridized carbons (Fsp3) is 0.250. The Balaban J connectivity index is 2.59. The van der Waals surface area contributed by atoms with E-state index in [1.807, 2.05) is 38.1 Å². The maximum absolute atomic E-state index is 6.28. The van der Waals surface area contributed by atoms with Crippen molar-refractivity contribution in [3.05, 3.63) is 47.2 Å². The highest BCUT2D eigenvalue weighted by atomic mass is 15.2. The van der Waals surface area contributed by atoms with E-state index in [1.54, 1.807) is 6.20 Å². The minimum atomic E-state index is -0.856. The van der Waals surface area contributed by atoms with Crippen molar-refractivity contribution in [2.75, 3.05) is 0 Å². The van der Waals surface area contributed by atoms with Gasteiger partial charge in [0, 0.05) is 11.8 Å². The average Bonchev–Trinajstić information content (AvgIpc) is 2.16. The minimum Gasteiger partial charge on any atom is -0.370 e. The van der Waals surface area contributed by atoms with E-state index in [0.717, 1.165) is 16.7 Å². The van der Waals surface area contributed by atoms with Crippen LogP contribution in [0, 0.1) is 13.8 Å². The number of aryl methyl sites for hydroxylation is 2. The highest BCUT2D eigenvalue weighted by molar-refractivity contribution is 5.80. The van der Waals surface area contributed by atoms with Gasteiger partial charge in [0.2, 0.25) is 0 Å². The number of nitrogens with zero attached hydrogens (tertiary/aromatic N) is 1. The van der Waals surface area contributed by atoms with Gasteiger partial charge in [-0.15, -0.1) is 0 Å². The average molecular weight is 216 g/mol. The van der Waals surface area contributed by atoms with Crippen LogP contribution in [0.15, 0.2) is 35.5 Å². The molecule has 1 aromatic rings. The number of guanidine groups is 1. The number of nitrogens with two attached hydrogens (primary N) is 2. The lowest BCUT2D eigenvalue weighted by Crippen LogP contribution is -2.43. The Bertz CT molecular complexity index is 456. The monoisotopic (exact) mass is 216 g/mol. The van der Waals surface area contributed by atoms with E-state index in [2.05, 4.69) is 10.3 Å². The number of aliphatic imine (C=N–C) groups is 1. The van der Waals surface area contributed by atoms with Gasteiger partial charge >= 0.3 is 0 Å². The number of benzene rings is 1. The van der Waals surface area contributed by atoms with Crippen LogP contribution in [0.3, 0.4) is 0 Å². The molecule has 0 amide bonds. The van der Waals surface area contributed by atoms with Gasteiger partial charge in [0.15, 0.2) is 11.6 Å². The molecule has 84 valence electrons. The normalized spacial score (nSPS) is 23.8. The molecule has 4 heteroatoms. The second-order valence-corrected chi connectivity index (χ2v) is 4.07. The van der Waals surface area contributed by atoms with E-state index in [0.29, 0.717) is 5.96 Å². The van der Waals surface area contributed by atoms with Crippen LogP contribution >= 0.6 is 0 Å². The molecule has 0 saturated heterocycles. The van der Waals surface area contributed by atoms with E-state index in [1.165, 1.54) is 0 Å². The molecule has 1 atom stereocenters. The summed E-state index contributed by atoms with van der Waals surface area (Å²) in [5.41, 5.74) is 14.3. The van der Waals surface area contributed by atoms with Gasteiger partial charge in [-0.1, -0.05) is 18.2 Å². The molecule has 4 nitrogen and oxygen atoms in total. The van der Waals surface area contributed by atoms with Crippen molar-refractivity contribution in [2.45, 2.75) is 19.5 Å². The van der Waals surface area contributed by atoms with Gasteiger partial charge in [0.05, 0.1) is 0 Å². The quantitative estimate of drug-likeness (QED) is 0.651. The molecular formula is C12H16N4. The van der Waals surface area contributed by atoms with E-state index >= 15 is 0 Å². The van der Waals surface area contributed by atoms with Crippen LogP contribution in [-0.2, 0) is 5.66 Å². The van der Waals surface area contributed by atoms with Gasteiger partial charge in [0.1, 0.15) is 0 Å². The summed E-state index contributed by atoms with van der Waals surface area (Å²) in [5, 5.41) is 2.81. The van der Waals surface area contributed by atoms with Crippen LogP contribution in [0.2, 0.25) is 0 Å². The molecular weight excluding hydrogens is 200 g/mol. The summed E-state index contributed by atoms with van der Waals surface area (Å²) >= 11 is 0. The molecule has 0 saturated carbocycles. The summed E-state index contributed by atoms with van der Waals surface area (Å²) in [6, 6.07) is 6.06. The summed E-state index contributed by atoms with van der Waals surface area (Å²) in [5.74, 6) is 0.340. The Morgan fingerprint density at radius 3 is 2.44 bits per heavy atom. The predicted octanol–water partition coefficient (Wildman–Crippen LogP) is 0.847. The molecule has 1 aromatic carbocycles. The van der Waals surface area contributed by atoms with Crippen molar-refractivity contribution >= 4 is 5.96 Å². The standard InChI is InChI=1S/C12H16N4/c1-8-4-3-5-9(2)10(8)12(14)6-7-15-11(13)16-12/h3-7H,14H2,1-2H3,(H3,13,15,16). The topological polar surface area (TPSA) is 76.4 Å². The van der Waals surface area contributed by atoms with Gasteiger partial charge in [-0.25, -0.2) is 4.99 Å². The van der Waals surface area contributed by atoms with Gasteiger partial charge < -0.3 is 11.1 Å². The Kier molecular flexibility index (Phi) is 2.44. The van der Waals surface area contributed by atoms with Crippen LogP contribution in [0.25, 0.3) is 0 Å². The van der Waals surface area contributed by atoms with Crippen molar-refractivity contribution < 1.29 is 0 Å². The zero-order valence-electron chi connectivity index (χ0n) is 9.49. The Labute approximate surface area is 95.1 Å². The lowest BCUT2D eigenvalue weighted by atomic mass is 9.91. The molecule has 5 N–H and O–H groups in total. The minimum absolute atomic E-state index is 0.340. The number of rotatable bonds is 1. The Hall–Kier alpha value is -1.81. The smallest absolute Gasteiger partial charge is 0.195 e. The van der Waals surface area contributed by atoms with Crippen molar-refractivity contribution in [1.82, 2.24) is 5.32 Å². The number of nitrogens with one attached hydrogen (secondary N) is 1. The van der Waals surface area contributed by atoms with E-state index in [4.69, 9.17) is 11.5 Å². The molecule has 0 aliphatic carbocycles. The molecule has 0 radical (unpaired) electrons. The molecule has 0 fully saturated rings. The molecule has 0 spiro atoms. The first-order valence-electron chi connectivity index (χ1n) is 5.18. The zero-order valence-corrected chi connectivity index (χ0v) is 9.49. The van der Waals surface area contributed by atoms with Crippen molar-refractivity contribution in [2.24, 2.45) is 16.5 Å². The molecule has 0 bridgehead atoms. The molecule has 1 aliphatic rings. The summed E-state index contributed by atoms with van der Waals surface area (Å²) in [6.07, 6.45) is 3.55. The lowest BCUT2D eigenvalue weighted by Gasteiger charge is -2.28. The van der Waals surface area contributed by atoms with Crippen LogP contribution < -0.4 is 16.8 Å². The van der Waals surface area contributed by atoms with Crippen molar-refractivity contribution in [1.29, 1.82) is 0 Å². The first-order chi connectivity index (χ1) is 7.53. The molecule has 1 aliphatic heterocycles. The highest BCUT2D eigenvalue weighted by Gasteiger charge is 2.29. The second-order valence-electron chi connectivity index (χ2n) is 4.07. The molecule has 2 rings (SSSR count). The van der Waals surface area contributed by atoms with Crippen LogP contribution in [0.4, 0.5) is 0 Å². The van der Waals surface area contributed by atoms with Gasteiger partial charge in [-0.3, -0.25) is 5.73 Å². The van der Waals surface area contributed by atoms with E-state index in [9.17, 15) is 0 Å². The van der Waals surface area contributed by atoms with Crippen molar-refractivity contribution in [3.63, 3.8) is 0 Å². The Morgan fingerprint density at radius 2 is 1.88 bits per heavy atom. The first kappa shape index (κ1) is 10.7. The summed E-state index contributed by atoms with van der Waals surface area (Å²) in [7, 11) is 0. The van der Waals surface area contributed by atoms with Crippen LogP contribution in [0.5, 0.6) is 0 Å². The third kappa shape index (κ3) is 1.67. The Morgan fingerprint density at radius 1 is 1.25 bits per heavy atom. The molecule has 16 heavy (non-hydrogen) atoms. The van der Waals surface area contributed by atoms with E-state index < -0.39 is 5.66 Å². The summed E-state index contributed by atoms with van der Waals surface area (Å²) in [4.78, 5) is 4.28. The third-order valence-electron chi connectivity index (χ3n) is 2.76. The fourth-order valence-electron chi connectivity index (χ4n) is 2.11. The largest absolute Gasteiger partial charge is 0.370 e. The summed E-state index contributed by atoms with van der Waals surface area (Å²) < 4.78 is 0. The SMILES string of the molecule is Cc1cccc(C)c1C1(N)C=CNC(N)=N1. The maximum Gasteiger partial charge on any atom is 0.195 e. The van der Waals surface area contributed by atoms with E-state index in [-0.39, 0.29) is 0 Å². The number of hydrogen-bond acceptors (Lipinski definition) is 4. The summed E-state index contributed by atoms with van der Waals surface area (Å²) in [6.45, 7) is 4.05. The zero-order chi connectivity index (χ0) is 11.8. The van der Waals surface area contributed by atoms with Crippen molar-refractivity contribution in [3.8, 4) is 0 Å².